The average molecular weight is 495 g/mol. The molecule has 0 spiro atoms. The van der Waals surface area contributed by atoms with Crippen LogP contribution in [0.15, 0.2) is 91.0 Å². The first-order valence-corrected chi connectivity index (χ1v) is 12.2. The molecule has 0 aliphatic carbocycles. The average Bonchev–Trinajstić information content (AvgIpc) is 2.93. The topological polar surface area (TPSA) is 86.6 Å². The maximum atomic E-state index is 11.4. The van der Waals surface area contributed by atoms with Gasteiger partial charge in [0, 0.05) is 0 Å². The van der Waals surface area contributed by atoms with E-state index in [1.54, 1.807) is 0 Å². The quantitative estimate of drug-likeness (QED) is 0.376. The van der Waals surface area contributed by atoms with Gasteiger partial charge in [-0.3, -0.25) is 0 Å². The Morgan fingerprint density at radius 2 is 1.14 bits per heavy atom. The highest BCUT2D eigenvalue weighted by Crippen LogP contribution is 2.28. The summed E-state index contributed by atoms with van der Waals surface area (Å²) >= 11 is 0. The molecule has 1 aliphatic rings. The minimum Gasteiger partial charge on any atom is -0.394 e. The van der Waals surface area contributed by atoms with Crippen LogP contribution in [0.5, 0.6) is 0 Å². The van der Waals surface area contributed by atoms with E-state index in [1.165, 1.54) is 0 Å². The summed E-state index contributed by atoms with van der Waals surface area (Å²) in [6.45, 7) is 1.04. The largest absolute Gasteiger partial charge is 0.394 e. The van der Waals surface area contributed by atoms with Gasteiger partial charge < -0.3 is 33.9 Å². The zero-order valence-electron chi connectivity index (χ0n) is 20.2. The molecule has 1 heterocycles. The fraction of sp³-hybridized carbons (Fsp3) is 0.379. The van der Waals surface area contributed by atoms with Crippen LogP contribution in [-0.2, 0) is 43.5 Å². The van der Waals surface area contributed by atoms with Gasteiger partial charge in [0.05, 0.1) is 39.6 Å². The molecule has 0 saturated carbocycles. The number of hydrogen-bond acceptors (Lipinski definition) is 7. The summed E-state index contributed by atoms with van der Waals surface area (Å²) in [5.74, 6) is 0. The van der Waals surface area contributed by atoms with E-state index in [1.807, 2.05) is 91.0 Å². The van der Waals surface area contributed by atoms with Crippen LogP contribution in [0.4, 0.5) is 0 Å². The Labute approximate surface area is 212 Å². The Balaban J connectivity index is 1.47. The van der Waals surface area contributed by atoms with Gasteiger partial charge in [0.2, 0.25) is 0 Å². The first kappa shape index (κ1) is 26.4. The lowest BCUT2D eigenvalue weighted by Gasteiger charge is -2.44. The van der Waals surface area contributed by atoms with Crippen molar-refractivity contribution in [2.75, 3.05) is 19.8 Å². The van der Waals surface area contributed by atoms with Crippen LogP contribution in [0.1, 0.15) is 16.7 Å². The SMILES string of the molecule is OCCOC1OC(COCc2ccccc2)C(OCc2ccccc2)C(O)C1OCc1ccccc1. The summed E-state index contributed by atoms with van der Waals surface area (Å²) in [7, 11) is 0. The molecule has 2 N–H and O–H groups in total. The highest BCUT2D eigenvalue weighted by atomic mass is 16.7. The van der Waals surface area contributed by atoms with E-state index in [0.29, 0.717) is 13.2 Å². The van der Waals surface area contributed by atoms with Gasteiger partial charge in [0.25, 0.3) is 0 Å². The Kier molecular flexibility index (Phi) is 10.4. The van der Waals surface area contributed by atoms with Crippen LogP contribution in [0.2, 0.25) is 0 Å². The monoisotopic (exact) mass is 494 g/mol. The third kappa shape index (κ3) is 7.69. The molecular weight excluding hydrogens is 460 g/mol. The summed E-state index contributed by atoms with van der Waals surface area (Å²) in [5.41, 5.74) is 2.97. The zero-order valence-corrected chi connectivity index (χ0v) is 20.2. The van der Waals surface area contributed by atoms with Crippen molar-refractivity contribution < 1.29 is 33.9 Å². The fourth-order valence-corrected chi connectivity index (χ4v) is 4.12. The highest BCUT2D eigenvalue weighted by Gasteiger charge is 2.47. The van der Waals surface area contributed by atoms with E-state index in [9.17, 15) is 10.2 Å². The first-order chi connectivity index (χ1) is 17.7. The molecule has 3 aromatic carbocycles. The summed E-state index contributed by atoms with van der Waals surface area (Å²) in [6.07, 6.45) is -4.07. The van der Waals surface area contributed by atoms with Crippen LogP contribution in [0, 0.1) is 0 Å². The van der Waals surface area contributed by atoms with E-state index < -0.39 is 30.7 Å². The van der Waals surface area contributed by atoms with E-state index in [4.69, 9.17) is 23.7 Å². The van der Waals surface area contributed by atoms with Gasteiger partial charge in [0.15, 0.2) is 6.29 Å². The number of aliphatic hydroxyl groups excluding tert-OH is 2. The van der Waals surface area contributed by atoms with Gasteiger partial charge in [-0.05, 0) is 16.7 Å². The zero-order chi connectivity index (χ0) is 25.0. The lowest BCUT2D eigenvalue weighted by Crippen LogP contribution is -2.61. The van der Waals surface area contributed by atoms with Gasteiger partial charge >= 0.3 is 0 Å². The van der Waals surface area contributed by atoms with Crippen molar-refractivity contribution in [2.24, 2.45) is 0 Å². The number of rotatable bonds is 13. The molecule has 7 heteroatoms. The molecule has 192 valence electrons. The van der Waals surface area contributed by atoms with Crippen LogP contribution in [0.25, 0.3) is 0 Å². The first-order valence-electron chi connectivity index (χ1n) is 12.2. The molecular formula is C29H34O7. The van der Waals surface area contributed by atoms with Crippen molar-refractivity contribution in [2.45, 2.75) is 50.5 Å². The minimum atomic E-state index is -1.04. The molecule has 4 rings (SSSR count). The number of hydrogen-bond donors (Lipinski definition) is 2. The molecule has 0 radical (unpaired) electrons. The smallest absolute Gasteiger partial charge is 0.187 e. The van der Waals surface area contributed by atoms with Gasteiger partial charge in [0.1, 0.15) is 24.4 Å². The van der Waals surface area contributed by atoms with Crippen LogP contribution < -0.4 is 0 Å². The lowest BCUT2D eigenvalue weighted by molar-refractivity contribution is -0.321. The molecule has 7 nitrogen and oxygen atoms in total. The van der Waals surface area contributed by atoms with Gasteiger partial charge in [-0.1, -0.05) is 91.0 Å². The van der Waals surface area contributed by atoms with Crippen molar-refractivity contribution in [3.63, 3.8) is 0 Å². The number of aliphatic hydroxyl groups is 2. The highest BCUT2D eigenvalue weighted by molar-refractivity contribution is 5.15. The third-order valence-corrected chi connectivity index (χ3v) is 5.95. The molecule has 3 aromatic rings. The summed E-state index contributed by atoms with van der Waals surface area (Å²) < 4.78 is 30.2. The second kappa shape index (κ2) is 14.2. The molecule has 0 amide bonds. The minimum absolute atomic E-state index is 0.0513. The summed E-state index contributed by atoms with van der Waals surface area (Å²) in [4.78, 5) is 0. The molecule has 36 heavy (non-hydrogen) atoms. The van der Waals surface area contributed by atoms with Crippen molar-refractivity contribution in [3.05, 3.63) is 108 Å². The van der Waals surface area contributed by atoms with Gasteiger partial charge in [-0.25, -0.2) is 0 Å². The Hall–Kier alpha value is -2.62. The predicted octanol–water partition coefficient (Wildman–Crippen LogP) is 3.47. The van der Waals surface area contributed by atoms with Crippen molar-refractivity contribution >= 4 is 0 Å². The molecule has 0 aromatic heterocycles. The van der Waals surface area contributed by atoms with Crippen molar-refractivity contribution in [3.8, 4) is 0 Å². The van der Waals surface area contributed by atoms with E-state index in [2.05, 4.69) is 0 Å². The van der Waals surface area contributed by atoms with E-state index in [0.717, 1.165) is 16.7 Å². The molecule has 1 aliphatic heterocycles. The predicted molar refractivity (Wildman–Crippen MR) is 134 cm³/mol. The Morgan fingerprint density at radius 3 is 1.67 bits per heavy atom. The summed E-state index contributed by atoms with van der Waals surface area (Å²) in [6, 6.07) is 29.3. The van der Waals surface area contributed by atoms with E-state index in [-0.39, 0.29) is 26.4 Å². The van der Waals surface area contributed by atoms with Gasteiger partial charge in [-0.2, -0.15) is 0 Å². The third-order valence-electron chi connectivity index (χ3n) is 5.95. The Bertz CT molecular complexity index is 984. The molecule has 5 unspecified atom stereocenters. The second-order valence-electron chi connectivity index (χ2n) is 8.65. The maximum absolute atomic E-state index is 11.4. The van der Waals surface area contributed by atoms with Crippen molar-refractivity contribution in [1.29, 1.82) is 0 Å². The number of benzene rings is 3. The van der Waals surface area contributed by atoms with E-state index >= 15 is 0 Å². The fourth-order valence-electron chi connectivity index (χ4n) is 4.12. The molecule has 1 saturated heterocycles. The molecule has 0 bridgehead atoms. The Morgan fingerprint density at radius 1 is 0.639 bits per heavy atom. The second-order valence-corrected chi connectivity index (χ2v) is 8.65. The van der Waals surface area contributed by atoms with Gasteiger partial charge in [-0.15, -0.1) is 0 Å². The molecule has 5 atom stereocenters. The van der Waals surface area contributed by atoms with Crippen molar-refractivity contribution in [1.82, 2.24) is 0 Å². The van der Waals surface area contributed by atoms with Crippen LogP contribution >= 0.6 is 0 Å². The molecule has 1 fully saturated rings. The van der Waals surface area contributed by atoms with Crippen LogP contribution in [-0.4, -0.2) is 60.7 Å². The standard InChI is InChI=1S/C29H34O7/c30-16-17-33-29-28(35-20-24-14-8-3-9-15-24)26(31)27(34-19-23-12-6-2-7-13-23)25(36-29)21-32-18-22-10-4-1-5-11-22/h1-15,25-31H,16-21H2. The van der Waals surface area contributed by atoms with Crippen LogP contribution in [0.3, 0.4) is 0 Å². The maximum Gasteiger partial charge on any atom is 0.187 e. The normalized spacial score (nSPS) is 24.0. The number of ether oxygens (including phenoxy) is 5. The lowest BCUT2D eigenvalue weighted by atomic mass is 9.98. The summed E-state index contributed by atoms with van der Waals surface area (Å²) in [5, 5.41) is 20.7.